The van der Waals surface area contributed by atoms with Gasteiger partial charge in [-0.2, -0.15) is 0 Å². The summed E-state index contributed by atoms with van der Waals surface area (Å²) in [5.41, 5.74) is 6.16. The number of amides is 2. The molecule has 1 fully saturated rings. The molecule has 0 radical (unpaired) electrons. The van der Waals surface area contributed by atoms with E-state index in [4.69, 9.17) is 11.6 Å². The van der Waals surface area contributed by atoms with Gasteiger partial charge in [-0.25, -0.2) is 0 Å². The van der Waals surface area contributed by atoms with Crippen LogP contribution in [0.3, 0.4) is 0 Å². The number of thiophene rings is 1. The summed E-state index contributed by atoms with van der Waals surface area (Å²) < 4.78 is 0.940. The number of hydrogen-bond acceptors (Lipinski definition) is 3. The van der Waals surface area contributed by atoms with Crippen LogP contribution in [0.4, 0.5) is 0 Å². The third kappa shape index (κ3) is 3.13. The van der Waals surface area contributed by atoms with E-state index < -0.39 is 5.91 Å². The summed E-state index contributed by atoms with van der Waals surface area (Å²) in [7, 11) is 0. The smallest absolute Gasteiger partial charge is 0.273 e. The number of hydrogen-bond donors (Lipinski definition) is 2. The van der Waals surface area contributed by atoms with Gasteiger partial charge < -0.3 is 0 Å². The second-order valence-corrected chi connectivity index (χ2v) is 7.47. The van der Waals surface area contributed by atoms with E-state index in [0.717, 1.165) is 22.1 Å². The Balaban J connectivity index is 1.39. The van der Waals surface area contributed by atoms with Crippen LogP contribution in [0, 0.1) is 5.92 Å². The van der Waals surface area contributed by atoms with Crippen molar-refractivity contribution in [3.63, 3.8) is 0 Å². The summed E-state index contributed by atoms with van der Waals surface area (Å²) in [4.78, 5) is 25.0. The monoisotopic (exact) mass is 370 g/mol. The molecule has 1 aliphatic carbocycles. The zero-order valence-corrected chi connectivity index (χ0v) is 14.7. The number of nitrogens with one attached hydrogen (secondary N) is 2. The van der Waals surface area contributed by atoms with Crippen LogP contribution in [0.25, 0.3) is 10.1 Å². The molecule has 4 nitrogen and oxygen atoms in total. The third-order valence-electron chi connectivity index (χ3n) is 4.40. The van der Waals surface area contributed by atoms with Gasteiger partial charge >= 0.3 is 0 Å². The van der Waals surface area contributed by atoms with E-state index in [9.17, 15) is 9.59 Å². The van der Waals surface area contributed by atoms with Crippen LogP contribution in [0.15, 0.2) is 54.6 Å². The summed E-state index contributed by atoms with van der Waals surface area (Å²) in [6.07, 6.45) is 0.801. The van der Waals surface area contributed by atoms with Crippen molar-refractivity contribution in [2.75, 3.05) is 0 Å². The highest BCUT2D eigenvalue weighted by atomic mass is 35.5. The molecule has 0 bridgehead atoms. The summed E-state index contributed by atoms with van der Waals surface area (Å²) >= 11 is 7.59. The molecule has 0 aliphatic heterocycles. The molecule has 2 atom stereocenters. The average molecular weight is 371 g/mol. The maximum Gasteiger partial charge on any atom is 0.281 e. The Morgan fingerprint density at radius 2 is 1.72 bits per heavy atom. The Labute approximate surface area is 153 Å². The van der Waals surface area contributed by atoms with E-state index in [1.807, 2.05) is 54.6 Å². The summed E-state index contributed by atoms with van der Waals surface area (Å²) in [5.74, 6) is -0.428. The maximum atomic E-state index is 12.3. The fraction of sp³-hybridized carbons (Fsp3) is 0.158. The Kier molecular flexibility index (Phi) is 4.19. The van der Waals surface area contributed by atoms with Crippen molar-refractivity contribution in [2.45, 2.75) is 12.3 Å². The summed E-state index contributed by atoms with van der Waals surface area (Å²) in [6, 6.07) is 17.5. The van der Waals surface area contributed by atoms with E-state index >= 15 is 0 Å². The lowest BCUT2D eigenvalue weighted by atomic mass is 10.1. The van der Waals surface area contributed by atoms with Gasteiger partial charge in [0.05, 0.1) is 5.02 Å². The van der Waals surface area contributed by atoms with E-state index in [1.165, 1.54) is 11.3 Å². The molecule has 0 spiro atoms. The molecule has 25 heavy (non-hydrogen) atoms. The molecule has 1 aliphatic rings. The first-order valence-electron chi connectivity index (χ1n) is 7.97. The first kappa shape index (κ1) is 16.1. The fourth-order valence-electron chi connectivity index (χ4n) is 2.98. The highest BCUT2D eigenvalue weighted by Gasteiger charge is 2.44. The molecular formula is C19H15ClN2O2S. The van der Waals surface area contributed by atoms with E-state index in [-0.39, 0.29) is 17.7 Å². The van der Waals surface area contributed by atoms with Crippen molar-refractivity contribution in [1.82, 2.24) is 10.9 Å². The van der Waals surface area contributed by atoms with Crippen LogP contribution >= 0.6 is 22.9 Å². The lowest BCUT2D eigenvalue weighted by Crippen LogP contribution is -2.42. The standard InChI is InChI=1S/C19H15ClN2O2S/c20-16-12-8-4-5-9-15(12)25-17(16)19(24)22-21-18(23)14-10-13(14)11-6-2-1-3-7-11/h1-9,13-14H,10H2,(H,21,23)(H,22,24). The number of carbonyl (C=O) groups excluding carboxylic acids is 2. The molecule has 1 heterocycles. The van der Waals surface area contributed by atoms with Gasteiger partial charge in [-0.05, 0) is 24.0 Å². The molecule has 2 amide bonds. The van der Waals surface area contributed by atoms with Crippen LogP contribution in [0.2, 0.25) is 5.02 Å². The SMILES string of the molecule is O=C(NNC(=O)C1CC1c1ccccc1)c1sc2ccccc2c1Cl. The minimum Gasteiger partial charge on any atom is -0.273 e. The highest BCUT2D eigenvalue weighted by Crippen LogP contribution is 2.47. The average Bonchev–Trinajstić information content (AvgIpc) is 3.39. The Morgan fingerprint density at radius 1 is 1.00 bits per heavy atom. The van der Waals surface area contributed by atoms with Crippen molar-refractivity contribution < 1.29 is 9.59 Å². The number of carbonyl (C=O) groups is 2. The predicted octanol–water partition coefficient (Wildman–Crippen LogP) is 4.12. The van der Waals surface area contributed by atoms with Crippen molar-refractivity contribution in [2.24, 2.45) is 5.92 Å². The number of hydrazine groups is 1. The van der Waals surface area contributed by atoms with Crippen LogP contribution in [-0.2, 0) is 4.79 Å². The normalized spacial score (nSPS) is 18.8. The largest absolute Gasteiger partial charge is 0.281 e. The van der Waals surface area contributed by atoms with Crippen molar-refractivity contribution in [3.05, 3.63) is 70.1 Å². The predicted molar refractivity (Wildman–Crippen MR) is 99.7 cm³/mol. The molecule has 2 aromatic carbocycles. The van der Waals surface area contributed by atoms with Crippen LogP contribution in [-0.4, -0.2) is 11.8 Å². The molecule has 126 valence electrons. The van der Waals surface area contributed by atoms with Gasteiger partial charge in [0.2, 0.25) is 5.91 Å². The lowest BCUT2D eigenvalue weighted by molar-refractivity contribution is -0.123. The molecule has 4 rings (SSSR count). The fourth-order valence-corrected chi connectivity index (χ4v) is 4.39. The first-order valence-corrected chi connectivity index (χ1v) is 9.17. The van der Waals surface area contributed by atoms with Gasteiger partial charge in [-0.1, -0.05) is 60.1 Å². The van der Waals surface area contributed by atoms with Gasteiger partial charge in [0.1, 0.15) is 4.88 Å². The minimum absolute atomic E-state index is 0.0967. The molecule has 1 saturated carbocycles. The van der Waals surface area contributed by atoms with Crippen LogP contribution in [0.5, 0.6) is 0 Å². The topological polar surface area (TPSA) is 58.2 Å². The van der Waals surface area contributed by atoms with Crippen molar-refractivity contribution >= 4 is 44.8 Å². The van der Waals surface area contributed by atoms with Crippen molar-refractivity contribution in [1.29, 1.82) is 0 Å². The number of fused-ring (bicyclic) bond motifs is 1. The van der Waals surface area contributed by atoms with Crippen LogP contribution < -0.4 is 10.9 Å². The molecule has 6 heteroatoms. The summed E-state index contributed by atoms with van der Waals surface area (Å²) in [5, 5.41) is 1.26. The third-order valence-corrected chi connectivity index (χ3v) is 6.07. The second kappa shape index (κ2) is 6.50. The van der Waals surface area contributed by atoms with Gasteiger partial charge in [-0.15, -0.1) is 11.3 Å². The first-order chi connectivity index (χ1) is 12.1. The highest BCUT2D eigenvalue weighted by molar-refractivity contribution is 7.21. The van der Waals surface area contributed by atoms with E-state index in [0.29, 0.717) is 9.90 Å². The number of halogens is 1. The second-order valence-electron chi connectivity index (χ2n) is 6.04. The van der Waals surface area contributed by atoms with Crippen LogP contribution in [0.1, 0.15) is 27.6 Å². The Hall–Kier alpha value is -2.37. The Morgan fingerprint density at radius 3 is 2.48 bits per heavy atom. The lowest BCUT2D eigenvalue weighted by Gasteiger charge is -2.06. The minimum atomic E-state index is -0.392. The maximum absolute atomic E-state index is 12.3. The zero-order chi connectivity index (χ0) is 17.4. The van der Waals surface area contributed by atoms with Gasteiger partial charge in [-0.3, -0.25) is 20.4 Å². The van der Waals surface area contributed by atoms with Gasteiger partial charge in [0.15, 0.2) is 0 Å². The summed E-state index contributed by atoms with van der Waals surface area (Å²) in [6.45, 7) is 0. The van der Waals surface area contributed by atoms with Crippen molar-refractivity contribution in [3.8, 4) is 0 Å². The molecule has 1 aromatic heterocycles. The quantitative estimate of drug-likeness (QED) is 0.681. The Bertz CT molecular complexity index is 954. The molecular weight excluding hydrogens is 356 g/mol. The van der Waals surface area contributed by atoms with E-state index in [2.05, 4.69) is 10.9 Å². The van der Waals surface area contributed by atoms with E-state index in [1.54, 1.807) is 0 Å². The van der Waals surface area contributed by atoms with Gasteiger partial charge in [0, 0.05) is 16.0 Å². The zero-order valence-electron chi connectivity index (χ0n) is 13.2. The number of rotatable bonds is 3. The number of benzene rings is 2. The van der Waals surface area contributed by atoms with Gasteiger partial charge in [0.25, 0.3) is 5.91 Å². The molecule has 3 aromatic rings. The molecule has 2 N–H and O–H groups in total. The molecule has 2 unspecified atom stereocenters. The molecule has 0 saturated heterocycles.